The van der Waals surface area contributed by atoms with Crippen molar-refractivity contribution in [2.24, 2.45) is 5.10 Å². The van der Waals surface area contributed by atoms with Crippen molar-refractivity contribution >= 4 is 60.7 Å². The number of hydrogen-bond acceptors (Lipinski definition) is 5. The molecule has 10 heteroatoms. The van der Waals surface area contributed by atoms with Crippen molar-refractivity contribution in [1.29, 1.82) is 0 Å². The highest BCUT2D eigenvalue weighted by Crippen LogP contribution is 2.22. The minimum atomic E-state index is -3.94. The molecule has 0 fully saturated rings. The number of halogens is 2. The second-order valence-electron chi connectivity index (χ2n) is 7.33. The van der Waals surface area contributed by atoms with Gasteiger partial charge >= 0.3 is 0 Å². The van der Waals surface area contributed by atoms with Gasteiger partial charge in [0.1, 0.15) is 18.4 Å². The molecule has 3 aromatic carbocycles. The van der Waals surface area contributed by atoms with Crippen molar-refractivity contribution in [3.8, 4) is 5.75 Å². The summed E-state index contributed by atoms with van der Waals surface area (Å²) in [6.45, 7) is 3.95. The van der Waals surface area contributed by atoms with Crippen LogP contribution >= 0.6 is 38.5 Å². The quantitative estimate of drug-likeness (QED) is 0.135. The van der Waals surface area contributed by atoms with Gasteiger partial charge in [-0.15, -0.1) is 0 Å². The summed E-state index contributed by atoms with van der Waals surface area (Å²) in [6, 6.07) is 19.8. The number of carbonyl (C=O) groups excluding carboxylic acids is 1. The van der Waals surface area contributed by atoms with E-state index in [1.54, 1.807) is 30.3 Å². The highest BCUT2D eigenvalue weighted by molar-refractivity contribution is 14.1. The first-order chi connectivity index (χ1) is 16.8. The van der Waals surface area contributed by atoms with Crippen LogP contribution in [0.5, 0.6) is 5.75 Å². The van der Waals surface area contributed by atoms with E-state index < -0.39 is 22.0 Å². The van der Waals surface area contributed by atoms with Gasteiger partial charge in [-0.05, 0) is 77.0 Å². The molecular weight excluding hydrogens is 645 g/mol. The standard InChI is InChI=1S/C25H23BrIN3O4S/c1-2-14-34-24-13-8-20(26)16-19(24)17-28-29-25(31)23(15-18-6-4-3-5-7-18)30-35(32,33)22-11-9-21(27)10-12-22/h2-13,16-17,23,30H,1,14-15H2,(H,29,31)/b28-17-/t23-/m0/s1. The van der Waals surface area contributed by atoms with Gasteiger partial charge in [-0.2, -0.15) is 9.82 Å². The van der Waals surface area contributed by atoms with Crippen molar-refractivity contribution in [2.75, 3.05) is 6.61 Å². The van der Waals surface area contributed by atoms with Crippen molar-refractivity contribution in [3.63, 3.8) is 0 Å². The van der Waals surface area contributed by atoms with E-state index in [1.165, 1.54) is 18.3 Å². The first-order valence-electron chi connectivity index (χ1n) is 10.5. The van der Waals surface area contributed by atoms with Crippen molar-refractivity contribution in [2.45, 2.75) is 17.4 Å². The molecule has 7 nitrogen and oxygen atoms in total. The summed E-state index contributed by atoms with van der Waals surface area (Å²) in [6.07, 6.45) is 3.21. The van der Waals surface area contributed by atoms with Crippen LogP contribution in [0.1, 0.15) is 11.1 Å². The van der Waals surface area contributed by atoms with Gasteiger partial charge < -0.3 is 4.74 Å². The van der Waals surface area contributed by atoms with Gasteiger partial charge in [-0.25, -0.2) is 13.8 Å². The lowest BCUT2D eigenvalue weighted by atomic mass is 10.1. The second-order valence-corrected chi connectivity index (χ2v) is 11.2. The largest absolute Gasteiger partial charge is 0.489 e. The van der Waals surface area contributed by atoms with Crippen LogP contribution in [0.4, 0.5) is 0 Å². The molecule has 0 bridgehead atoms. The average Bonchev–Trinajstić information content (AvgIpc) is 2.84. The number of ether oxygens (including phenoxy) is 1. The SMILES string of the molecule is C=CCOc1ccc(Br)cc1/C=N\NC(=O)[C@H](Cc1ccccc1)NS(=O)(=O)c1ccc(I)cc1. The summed E-state index contributed by atoms with van der Waals surface area (Å²) in [4.78, 5) is 13.1. The van der Waals surface area contributed by atoms with E-state index in [-0.39, 0.29) is 11.3 Å². The molecule has 0 aromatic heterocycles. The van der Waals surface area contributed by atoms with Gasteiger partial charge in [-0.3, -0.25) is 4.79 Å². The molecule has 0 saturated carbocycles. The molecule has 2 N–H and O–H groups in total. The molecule has 1 amide bonds. The van der Waals surface area contributed by atoms with Crippen LogP contribution in [-0.4, -0.2) is 33.2 Å². The maximum atomic E-state index is 13.0. The van der Waals surface area contributed by atoms with E-state index in [0.717, 1.165) is 13.6 Å². The van der Waals surface area contributed by atoms with E-state index in [0.29, 0.717) is 17.9 Å². The summed E-state index contributed by atoms with van der Waals surface area (Å²) >= 11 is 5.50. The Morgan fingerprint density at radius 1 is 1.11 bits per heavy atom. The van der Waals surface area contributed by atoms with Gasteiger partial charge in [-0.1, -0.05) is 58.9 Å². The molecule has 0 saturated heterocycles. The molecular formula is C25H23BrIN3O4S. The molecule has 0 heterocycles. The van der Waals surface area contributed by atoms with Crippen LogP contribution in [0.2, 0.25) is 0 Å². The molecule has 35 heavy (non-hydrogen) atoms. The third kappa shape index (κ3) is 8.27. The summed E-state index contributed by atoms with van der Waals surface area (Å²) in [5.74, 6) is -0.0332. The first-order valence-corrected chi connectivity index (χ1v) is 13.8. The van der Waals surface area contributed by atoms with Gasteiger partial charge in [0, 0.05) is 13.6 Å². The number of nitrogens with zero attached hydrogens (tertiary/aromatic N) is 1. The van der Waals surface area contributed by atoms with Crippen LogP contribution < -0.4 is 14.9 Å². The van der Waals surface area contributed by atoms with E-state index in [1.807, 2.05) is 36.4 Å². The van der Waals surface area contributed by atoms with Crippen molar-refractivity contribution in [3.05, 3.63) is 105 Å². The number of carbonyl (C=O) groups is 1. The van der Waals surface area contributed by atoms with Gasteiger partial charge in [0.15, 0.2) is 0 Å². The van der Waals surface area contributed by atoms with Gasteiger partial charge in [0.25, 0.3) is 5.91 Å². The zero-order valence-electron chi connectivity index (χ0n) is 18.5. The highest BCUT2D eigenvalue weighted by Gasteiger charge is 2.26. The van der Waals surface area contributed by atoms with E-state index >= 15 is 0 Å². The monoisotopic (exact) mass is 667 g/mol. The summed E-state index contributed by atoms with van der Waals surface area (Å²) in [5, 5.41) is 4.04. The number of benzene rings is 3. The lowest BCUT2D eigenvalue weighted by molar-refractivity contribution is -0.122. The summed E-state index contributed by atoms with van der Waals surface area (Å²) in [7, 11) is -3.94. The normalized spacial score (nSPS) is 12.3. The Hall–Kier alpha value is -2.54. The zero-order chi connectivity index (χ0) is 25.3. The predicted molar refractivity (Wildman–Crippen MR) is 149 cm³/mol. The van der Waals surface area contributed by atoms with Crippen LogP contribution in [0.15, 0.2) is 99.9 Å². The Bertz CT molecular complexity index is 1300. The maximum Gasteiger partial charge on any atom is 0.258 e. The van der Waals surface area contributed by atoms with Crippen LogP contribution in [0.3, 0.4) is 0 Å². The maximum absolute atomic E-state index is 13.0. The number of hydrogen-bond donors (Lipinski definition) is 2. The molecule has 0 aliphatic rings. The topological polar surface area (TPSA) is 96.9 Å². The number of sulfonamides is 1. The lowest BCUT2D eigenvalue weighted by Gasteiger charge is -2.17. The number of amides is 1. The number of nitrogens with one attached hydrogen (secondary N) is 2. The van der Waals surface area contributed by atoms with Crippen LogP contribution in [0, 0.1) is 3.57 Å². The fourth-order valence-corrected chi connectivity index (χ4v) is 4.98. The Kier molecular flexibility index (Phi) is 10.0. The Labute approximate surface area is 227 Å². The number of hydrazone groups is 1. The minimum Gasteiger partial charge on any atom is -0.489 e. The van der Waals surface area contributed by atoms with Gasteiger partial charge in [0.2, 0.25) is 10.0 Å². The van der Waals surface area contributed by atoms with Crippen LogP contribution in [-0.2, 0) is 21.2 Å². The zero-order valence-corrected chi connectivity index (χ0v) is 23.1. The minimum absolute atomic E-state index is 0.0745. The molecule has 0 radical (unpaired) electrons. The Balaban J connectivity index is 1.80. The molecule has 3 rings (SSSR count). The second kappa shape index (κ2) is 13.0. The molecule has 3 aromatic rings. The molecule has 0 unspecified atom stereocenters. The van der Waals surface area contributed by atoms with E-state index in [2.05, 4.69) is 60.3 Å². The molecule has 0 aliphatic heterocycles. The molecule has 0 aliphatic carbocycles. The third-order valence-electron chi connectivity index (χ3n) is 4.73. The molecule has 1 atom stereocenters. The average molecular weight is 668 g/mol. The highest BCUT2D eigenvalue weighted by atomic mass is 127. The molecule has 0 spiro atoms. The summed E-state index contributed by atoms with van der Waals surface area (Å²) < 4.78 is 35.8. The van der Waals surface area contributed by atoms with Gasteiger partial charge in [0.05, 0.1) is 11.1 Å². The lowest BCUT2D eigenvalue weighted by Crippen LogP contribution is -2.46. The van der Waals surface area contributed by atoms with E-state index in [9.17, 15) is 13.2 Å². The predicted octanol–water partition coefficient (Wildman–Crippen LogP) is 4.66. The first kappa shape index (κ1) is 27.1. The fourth-order valence-electron chi connectivity index (χ4n) is 3.05. The Morgan fingerprint density at radius 3 is 2.51 bits per heavy atom. The Morgan fingerprint density at radius 2 is 1.83 bits per heavy atom. The van der Waals surface area contributed by atoms with Crippen molar-refractivity contribution in [1.82, 2.24) is 10.1 Å². The smallest absolute Gasteiger partial charge is 0.258 e. The van der Waals surface area contributed by atoms with E-state index in [4.69, 9.17) is 4.74 Å². The summed E-state index contributed by atoms with van der Waals surface area (Å²) in [5.41, 5.74) is 3.87. The number of rotatable bonds is 11. The van der Waals surface area contributed by atoms with Crippen molar-refractivity contribution < 1.29 is 17.9 Å². The van der Waals surface area contributed by atoms with Crippen LogP contribution in [0.25, 0.3) is 0 Å². The molecule has 182 valence electrons. The fraction of sp³-hybridized carbons (Fsp3) is 0.120. The third-order valence-corrected chi connectivity index (χ3v) is 7.43.